The molecule has 0 saturated heterocycles. The molecule has 0 nitrogen and oxygen atoms in total. The van der Waals surface area contributed by atoms with Crippen LogP contribution in [0.25, 0.3) is 0 Å². The van der Waals surface area contributed by atoms with Crippen LogP contribution < -0.4 is 0 Å². The molecule has 0 N–H and O–H groups in total. The Morgan fingerprint density at radius 3 is 0.0370 bits per heavy atom. The molecule has 27 heavy (non-hydrogen) atoms. The zero-order valence-electron chi connectivity index (χ0n) is 8.54. The zero-order chi connectivity index (χ0) is 0. The maximum absolute atomic E-state index is 0. The standard InChI is InChI=1S/27Pt. The van der Waals surface area contributed by atoms with Crippen molar-refractivity contribution in [2.24, 2.45) is 0 Å². The van der Waals surface area contributed by atoms with E-state index in [0.29, 0.717) is 0 Å². The summed E-state index contributed by atoms with van der Waals surface area (Å²) in [5, 5.41) is 0. The molecule has 0 aromatic heterocycles. The molecule has 0 aliphatic rings. The van der Waals surface area contributed by atoms with Crippen molar-refractivity contribution < 1.29 is 569 Å². The van der Waals surface area contributed by atoms with Crippen LogP contribution in [-0.2, 0) is 569 Å². The fourth-order valence-electron chi connectivity index (χ4n) is 0. The molecule has 0 bridgehead atoms. The van der Waals surface area contributed by atoms with Crippen LogP contribution in [0.4, 0.5) is 0 Å². The largest absolute Gasteiger partial charge is 0 e. The maximum atomic E-state index is 0. The van der Waals surface area contributed by atoms with Gasteiger partial charge in [-0.3, -0.25) is 0 Å². The molecule has 0 aliphatic heterocycles. The van der Waals surface area contributed by atoms with Gasteiger partial charge in [0.25, 0.3) is 0 Å². The van der Waals surface area contributed by atoms with E-state index in [1.54, 1.807) is 0 Å². The summed E-state index contributed by atoms with van der Waals surface area (Å²) in [6.45, 7) is 0. The first kappa shape index (κ1) is 262. The number of hydrogen-bond acceptors (Lipinski definition) is 0. The second-order valence-corrected chi connectivity index (χ2v) is 0. The van der Waals surface area contributed by atoms with Gasteiger partial charge in [-0.2, -0.15) is 0 Å². The van der Waals surface area contributed by atoms with E-state index in [1.807, 2.05) is 0 Å². The van der Waals surface area contributed by atoms with Crippen molar-refractivity contribution in [1.29, 1.82) is 0 Å². The maximum Gasteiger partial charge on any atom is 0 e. The van der Waals surface area contributed by atoms with E-state index in [4.69, 9.17) is 0 Å². The molecule has 270 valence electrons. The van der Waals surface area contributed by atoms with E-state index in [-0.39, 0.29) is 569 Å². The van der Waals surface area contributed by atoms with Crippen molar-refractivity contribution in [3.63, 3.8) is 0 Å². The van der Waals surface area contributed by atoms with Gasteiger partial charge in [0.1, 0.15) is 0 Å². The van der Waals surface area contributed by atoms with Crippen LogP contribution in [0.2, 0.25) is 0 Å². The minimum absolute atomic E-state index is 0. The van der Waals surface area contributed by atoms with Crippen LogP contribution in [-0.4, -0.2) is 0 Å². The summed E-state index contributed by atoms with van der Waals surface area (Å²) in [4.78, 5) is 0. The Bertz CT molecular complexity index is 0. The minimum Gasteiger partial charge on any atom is 0 e. The van der Waals surface area contributed by atoms with Crippen LogP contribution in [0.5, 0.6) is 0 Å². The molecule has 0 aromatic carbocycles. The van der Waals surface area contributed by atoms with Gasteiger partial charge in [0.2, 0.25) is 0 Å². The average molecular weight is 5270 g/mol. The molecule has 0 aromatic rings. The second-order valence-electron chi connectivity index (χ2n) is 0. The van der Waals surface area contributed by atoms with Gasteiger partial charge in [-0.1, -0.05) is 0 Å². The first-order chi connectivity index (χ1) is 0. The fourth-order valence-corrected chi connectivity index (χ4v) is 0. The zero-order valence-corrected chi connectivity index (χ0v) is 69.9. The van der Waals surface area contributed by atoms with Gasteiger partial charge in [0.05, 0.1) is 0 Å². The number of hydrogen-bond donors (Lipinski definition) is 0. The molecule has 0 unspecified atom stereocenters. The van der Waals surface area contributed by atoms with Crippen LogP contribution >= 0.6 is 0 Å². The van der Waals surface area contributed by atoms with Crippen LogP contribution in [0.1, 0.15) is 0 Å². The SMILES string of the molecule is [Pt].[Pt].[Pt].[Pt].[Pt].[Pt].[Pt].[Pt].[Pt].[Pt].[Pt].[Pt].[Pt].[Pt].[Pt].[Pt].[Pt].[Pt].[Pt].[Pt].[Pt].[Pt].[Pt].[Pt].[Pt].[Pt].[Pt]. The molecule has 27 heteroatoms. The predicted molar refractivity (Wildman–Crippen MR) is 0 cm³/mol. The smallest absolute Gasteiger partial charge is 0 e. The fraction of sp³-hybridized carbons (Fsp3) is 0. The van der Waals surface area contributed by atoms with Gasteiger partial charge in [0.15, 0.2) is 0 Å². The predicted octanol–water partition coefficient (Wildman–Crippen LogP) is -0.0675. The summed E-state index contributed by atoms with van der Waals surface area (Å²) >= 11 is 0. The molecule has 0 amide bonds. The van der Waals surface area contributed by atoms with E-state index < -0.39 is 0 Å². The summed E-state index contributed by atoms with van der Waals surface area (Å²) < 4.78 is 0. The molecular formula is Pt27. The Labute approximate surface area is 552 Å². The van der Waals surface area contributed by atoms with Crippen molar-refractivity contribution in [2.75, 3.05) is 0 Å². The molecule has 0 fully saturated rings. The third-order valence-electron chi connectivity index (χ3n) is 0. The summed E-state index contributed by atoms with van der Waals surface area (Å²) in [5.41, 5.74) is 0. The molecule has 0 spiro atoms. The van der Waals surface area contributed by atoms with E-state index in [0.717, 1.165) is 0 Å². The molecule has 0 radical (unpaired) electrons. The molecule has 0 aliphatic carbocycles. The minimum atomic E-state index is 0. The first-order valence-corrected chi connectivity index (χ1v) is 0. The molecule has 0 saturated carbocycles. The topological polar surface area (TPSA) is 0 Å². The molecule has 0 heterocycles. The van der Waals surface area contributed by atoms with Crippen LogP contribution in [0.15, 0.2) is 0 Å². The summed E-state index contributed by atoms with van der Waals surface area (Å²) in [7, 11) is 0. The summed E-state index contributed by atoms with van der Waals surface area (Å²) in [5.74, 6) is 0. The van der Waals surface area contributed by atoms with Gasteiger partial charge in [-0.15, -0.1) is 0 Å². The van der Waals surface area contributed by atoms with Gasteiger partial charge in [0, 0.05) is 569 Å². The van der Waals surface area contributed by atoms with Crippen LogP contribution in [0.3, 0.4) is 0 Å². The van der Waals surface area contributed by atoms with Crippen molar-refractivity contribution in [2.45, 2.75) is 0 Å². The van der Waals surface area contributed by atoms with Gasteiger partial charge in [-0.05, 0) is 0 Å². The Kier molecular flexibility index (Phi) is 2380. The Balaban J connectivity index is 0. The van der Waals surface area contributed by atoms with E-state index in [2.05, 4.69) is 0 Å². The van der Waals surface area contributed by atoms with Crippen molar-refractivity contribution >= 4 is 0 Å². The first-order valence-electron chi connectivity index (χ1n) is 0. The van der Waals surface area contributed by atoms with Gasteiger partial charge in [-0.25, -0.2) is 0 Å². The van der Waals surface area contributed by atoms with Gasteiger partial charge < -0.3 is 0 Å². The Morgan fingerprint density at radius 2 is 0.0370 bits per heavy atom. The van der Waals surface area contributed by atoms with Crippen molar-refractivity contribution in [1.82, 2.24) is 0 Å². The Morgan fingerprint density at radius 1 is 0.0370 bits per heavy atom. The molecular weight excluding hydrogens is 5270 g/mol. The third-order valence-corrected chi connectivity index (χ3v) is 0. The second kappa shape index (κ2) is 245. The normalized spacial score (nSPS) is 0. The van der Waals surface area contributed by atoms with Crippen molar-refractivity contribution in [3.05, 3.63) is 0 Å². The van der Waals surface area contributed by atoms with Crippen molar-refractivity contribution in [3.8, 4) is 0 Å². The monoisotopic (exact) mass is 5260 g/mol. The van der Waals surface area contributed by atoms with E-state index in [1.165, 1.54) is 0 Å². The molecule has 0 atom stereocenters. The molecule has 0 rings (SSSR count). The quantitative estimate of drug-likeness (QED) is 0.320. The average Bonchev–Trinajstić information content (AvgIpc) is 0. The third kappa shape index (κ3) is 234. The Hall–Kier alpha value is 18.6. The summed E-state index contributed by atoms with van der Waals surface area (Å²) in [6, 6.07) is 0. The van der Waals surface area contributed by atoms with E-state index >= 15 is 0 Å². The van der Waals surface area contributed by atoms with E-state index in [9.17, 15) is 0 Å². The number of rotatable bonds is 0. The summed E-state index contributed by atoms with van der Waals surface area (Å²) in [6.07, 6.45) is 0. The van der Waals surface area contributed by atoms with Crippen LogP contribution in [0, 0.1) is 0 Å². The van der Waals surface area contributed by atoms with Gasteiger partial charge >= 0.3 is 0 Å².